The predicted molar refractivity (Wildman–Crippen MR) is 63.8 cm³/mol. The van der Waals surface area contributed by atoms with Gasteiger partial charge in [0.1, 0.15) is 10.7 Å². The molecule has 1 aromatic carbocycles. The van der Waals surface area contributed by atoms with E-state index < -0.39 is 26.5 Å². The molecule has 0 spiro atoms. The van der Waals surface area contributed by atoms with Crippen molar-refractivity contribution in [2.75, 3.05) is 17.8 Å². The lowest BCUT2D eigenvalue weighted by molar-refractivity contribution is 0.0696. The van der Waals surface area contributed by atoms with E-state index in [0.717, 1.165) is 12.1 Å². The highest BCUT2D eigenvalue weighted by Gasteiger charge is 2.20. The Hall–Kier alpha value is -1.08. The Kier molecular flexibility index (Phi) is 4.53. The summed E-state index contributed by atoms with van der Waals surface area (Å²) in [6, 6.07) is 2.79. The van der Waals surface area contributed by atoms with Gasteiger partial charge in [-0.15, -0.1) is 0 Å². The van der Waals surface area contributed by atoms with Gasteiger partial charge >= 0.3 is 5.97 Å². The Labute approximate surface area is 103 Å². The molecule has 0 radical (unpaired) electrons. The maximum atomic E-state index is 13.5. The molecule has 0 aliphatic heterocycles. The molecule has 94 valence electrons. The summed E-state index contributed by atoms with van der Waals surface area (Å²) < 4.78 is 36.9. The average Bonchev–Trinajstić information content (AvgIpc) is 2.25. The fourth-order valence-corrected chi connectivity index (χ4v) is 3.58. The summed E-state index contributed by atoms with van der Waals surface area (Å²) in [5.74, 6) is -2.12. The molecule has 1 aromatic rings. The summed E-state index contributed by atoms with van der Waals surface area (Å²) >= 11 is 1.34. The Morgan fingerprint density at radius 3 is 2.59 bits per heavy atom. The largest absolute Gasteiger partial charge is 0.478 e. The van der Waals surface area contributed by atoms with Crippen LogP contribution in [0.4, 0.5) is 4.39 Å². The van der Waals surface area contributed by atoms with Gasteiger partial charge < -0.3 is 5.11 Å². The molecule has 0 aliphatic rings. The van der Waals surface area contributed by atoms with Crippen LogP contribution in [0, 0.1) is 5.82 Å². The molecule has 0 atom stereocenters. The number of thioether (sulfide) groups is 1. The van der Waals surface area contributed by atoms with Crippen LogP contribution >= 0.6 is 11.8 Å². The van der Waals surface area contributed by atoms with Crippen LogP contribution in [-0.2, 0) is 9.84 Å². The van der Waals surface area contributed by atoms with E-state index in [1.54, 1.807) is 6.26 Å². The standard InChI is InChI=1S/C10H11FO4S2/c1-16-4-5-17(14,15)9-3-2-7(10(12)13)6-8(9)11/h2-3,6H,4-5H2,1H3,(H,12,13). The van der Waals surface area contributed by atoms with Gasteiger partial charge in [-0.25, -0.2) is 17.6 Å². The first-order chi connectivity index (χ1) is 7.88. The van der Waals surface area contributed by atoms with Crippen LogP contribution in [0.5, 0.6) is 0 Å². The highest BCUT2D eigenvalue weighted by atomic mass is 32.2. The van der Waals surface area contributed by atoms with E-state index in [4.69, 9.17) is 5.11 Å². The molecule has 0 fully saturated rings. The van der Waals surface area contributed by atoms with Crippen molar-refractivity contribution >= 4 is 27.6 Å². The third-order valence-corrected chi connectivity index (χ3v) is 4.68. The molecule has 1 N–H and O–H groups in total. The zero-order valence-corrected chi connectivity index (χ0v) is 10.6. The highest BCUT2D eigenvalue weighted by Crippen LogP contribution is 2.18. The van der Waals surface area contributed by atoms with Gasteiger partial charge in [0, 0.05) is 5.75 Å². The zero-order valence-electron chi connectivity index (χ0n) is 9.01. The SMILES string of the molecule is CSCCS(=O)(=O)c1ccc(C(=O)O)cc1F. The number of carboxylic acids is 1. The third kappa shape index (κ3) is 3.44. The topological polar surface area (TPSA) is 71.4 Å². The van der Waals surface area contributed by atoms with Crippen molar-refractivity contribution in [3.05, 3.63) is 29.6 Å². The first-order valence-electron chi connectivity index (χ1n) is 4.63. The quantitative estimate of drug-likeness (QED) is 0.887. The maximum Gasteiger partial charge on any atom is 0.335 e. The predicted octanol–water partition coefficient (Wildman–Crippen LogP) is 1.66. The smallest absolute Gasteiger partial charge is 0.335 e. The van der Waals surface area contributed by atoms with E-state index >= 15 is 0 Å². The molecule has 4 nitrogen and oxygen atoms in total. The summed E-state index contributed by atoms with van der Waals surface area (Å²) in [6.07, 6.45) is 1.75. The first-order valence-corrected chi connectivity index (χ1v) is 7.67. The van der Waals surface area contributed by atoms with Crippen molar-refractivity contribution in [2.45, 2.75) is 4.90 Å². The molecule has 0 amide bonds. The zero-order chi connectivity index (χ0) is 13.1. The van der Waals surface area contributed by atoms with E-state index in [2.05, 4.69) is 0 Å². The van der Waals surface area contributed by atoms with Crippen LogP contribution in [0.15, 0.2) is 23.1 Å². The van der Waals surface area contributed by atoms with E-state index in [9.17, 15) is 17.6 Å². The van der Waals surface area contributed by atoms with Crippen molar-refractivity contribution in [1.82, 2.24) is 0 Å². The fraction of sp³-hybridized carbons (Fsp3) is 0.300. The van der Waals surface area contributed by atoms with Crippen molar-refractivity contribution in [1.29, 1.82) is 0 Å². The molecule has 0 bridgehead atoms. The number of rotatable bonds is 5. The van der Waals surface area contributed by atoms with E-state index in [1.165, 1.54) is 11.8 Å². The molecule has 0 heterocycles. The second-order valence-corrected chi connectivity index (χ2v) is 6.33. The summed E-state index contributed by atoms with van der Waals surface area (Å²) in [5, 5.41) is 8.62. The van der Waals surface area contributed by atoms with Crippen LogP contribution < -0.4 is 0 Å². The maximum absolute atomic E-state index is 13.5. The second-order valence-electron chi connectivity index (χ2n) is 3.26. The number of benzene rings is 1. The first kappa shape index (κ1) is 14.0. The number of sulfone groups is 1. The molecular weight excluding hydrogens is 267 g/mol. The van der Waals surface area contributed by atoms with Crippen molar-refractivity contribution in [2.24, 2.45) is 0 Å². The lowest BCUT2D eigenvalue weighted by atomic mass is 10.2. The van der Waals surface area contributed by atoms with Crippen molar-refractivity contribution < 1.29 is 22.7 Å². The van der Waals surface area contributed by atoms with Gasteiger partial charge in [0.25, 0.3) is 0 Å². The van der Waals surface area contributed by atoms with Gasteiger partial charge in [-0.2, -0.15) is 11.8 Å². The summed E-state index contributed by atoms with van der Waals surface area (Å²) in [6.45, 7) is 0. The van der Waals surface area contributed by atoms with Crippen molar-refractivity contribution in [3.63, 3.8) is 0 Å². The molecule has 0 aliphatic carbocycles. The second kappa shape index (κ2) is 5.50. The normalized spacial score (nSPS) is 11.4. The van der Waals surface area contributed by atoms with Gasteiger partial charge in [-0.3, -0.25) is 0 Å². The van der Waals surface area contributed by atoms with Crippen LogP contribution in [0.1, 0.15) is 10.4 Å². The van der Waals surface area contributed by atoms with Gasteiger partial charge in [0.05, 0.1) is 11.3 Å². The minimum Gasteiger partial charge on any atom is -0.478 e. The number of hydrogen-bond donors (Lipinski definition) is 1. The molecule has 7 heteroatoms. The monoisotopic (exact) mass is 278 g/mol. The summed E-state index contributed by atoms with van der Waals surface area (Å²) in [4.78, 5) is 10.1. The van der Waals surface area contributed by atoms with E-state index in [-0.39, 0.29) is 11.3 Å². The van der Waals surface area contributed by atoms with Gasteiger partial charge in [0.2, 0.25) is 0 Å². The van der Waals surface area contributed by atoms with E-state index in [0.29, 0.717) is 11.8 Å². The Balaban J connectivity index is 3.12. The molecular formula is C10H11FO4S2. The highest BCUT2D eigenvalue weighted by molar-refractivity contribution is 8.00. The van der Waals surface area contributed by atoms with Gasteiger partial charge in [-0.1, -0.05) is 0 Å². The minimum atomic E-state index is -3.68. The molecule has 1 rings (SSSR count). The summed E-state index contributed by atoms with van der Waals surface area (Å²) in [5.41, 5.74) is -0.272. The molecule has 0 aromatic heterocycles. The minimum absolute atomic E-state index is 0.169. The Morgan fingerprint density at radius 1 is 1.47 bits per heavy atom. The molecule has 0 saturated carbocycles. The van der Waals surface area contributed by atoms with E-state index in [1.807, 2.05) is 0 Å². The number of carboxylic acid groups (broad SMARTS) is 1. The van der Waals surface area contributed by atoms with Crippen LogP contribution in [0.25, 0.3) is 0 Å². The van der Waals surface area contributed by atoms with Crippen LogP contribution in [-0.4, -0.2) is 37.3 Å². The number of carbonyl (C=O) groups is 1. The average molecular weight is 278 g/mol. The third-order valence-electron chi connectivity index (χ3n) is 2.07. The molecule has 17 heavy (non-hydrogen) atoms. The van der Waals surface area contributed by atoms with Gasteiger partial charge in [0.15, 0.2) is 9.84 Å². The van der Waals surface area contributed by atoms with Crippen LogP contribution in [0.3, 0.4) is 0 Å². The lowest BCUT2D eigenvalue weighted by Crippen LogP contribution is -2.11. The summed E-state index contributed by atoms with van der Waals surface area (Å²) in [7, 11) is -3.68. The Bertz CT molecular complexity index is 525. The fourth-order valence-electron chi connectivity index (χ4n) is 1.19. The molecule has 0 unspecified atom stereocenters. The Morgan fingerprint density at radius 2 is 2.12 bits per heavy atom. The van der Waals surface area contributed by atoms with Crippen LogP contribution in [0.2, 0.25) is 0 Å². The van der Waals surface area contributed by atoms with Crippen molar-refractivity contribution in [3.8, 4) is 0 Å². The number of aromatic carboxylic acids is 1. The van der Waals surface area contributed by atoms with Gasteiger partial charge in [-0.05, 0) is 24.5 Å². The lowest BCUT2D eigenvalue weighted by Gasteiger charge is -2.05. The molecule has 0 saturated heterocycles. The number of hydrogen-bond acceptors (Lipinski definition) is 4. The number of halogens is 1.